The molecule has 1 saturated heterocycles. The second-order valence-electron chi connectivity index (χ2n) is 6.63. The van der Waals surface area contributed by atoms with E-state index < -0.39 is 0 Å². The van der Waals surface area contributed by atoms with Gasteiger partial charge in [0.05, 0.1) is 6.10 Å². The van der Waals surface area contributed by atoms with Gasteiger partial charge in [0.15, 0.2) is 0 Å². The molecule has 1 aliphatic rings. The van der Waals surface area contributed by atoms with E-state index >= 15 is 0 Å². The molecule has 0 aromatic heterocycles. The molecule has 1 heterocycles. The van der Waals surface area contributed by atoms with Crippen LogP contribution in [0, 0.1) is 5.92 Å². The highest BCUT2D eigenvalue weighted by Gasteiger charge is 2.20. The smallest absolute Gasteiger partial charge is 0.321 e. The maximum atomic E-state index is 12.2. The molecule has 1 atom stereocenters. The summed E-state index contributed by atoms with van der Waals surface area (Å²) in [6.07, 6.45) is 2.19. The van der Waals surface area contributed by atoms with Crippen molar-refractivity contribution >= 4 is 17.6 Å². The van der Waals surface area contributed by atoms with Crippen molar-refractivity contribution in [1.29, 1.82) is 0 Å². The van der Waals surface area contributed by atoms with E-state index in [1.807, 2.05) is 13.8 Å². The van der Waals surface area contributed by atoms with Gasteiger partial charge in [-0.25, -0.2) is 4.79 Å². The van der Waals surface area contributed by atoms with Gasteiger partial charge in [0.2, 0.25) is 0 Å². The van der Waals surface area contributed by atoms with Crippen molar-refractivity contribution in [3.8, 4) is 0 Å². The number of amides is 3. The van der Waals surface area contributed by atoms with Gasteiger partial charge >= 0.3 is 6.03 Å². The Morgan fingerprint density at radius 3 is 2.58 bits per heavy atom. The van der Waals surface area contributed by atoms with Crippen molar-refractivity contribution < 1.29 is 14.3 Å². The van der Waals surface area contributed by atoms with E-state index in [0.29, 0.717) is 30.3 Å². The highest BCUT2D eigenvalue weighted by atomic mass is 16.5. The van der Waals surface area contributed by atoms with E-state index in [-0.39, 0.29) is 18.0 Å². The van der Waals surface area contributed by atoms with Crippen molar-refractivity contribution in [3.05, 3.63) is 29.8 Å². The number of ether oxygens (including phenoxy) is 1. The number of carbonyl (C=O) groups excluding carboxylic acids is 2. The minimum Gasteiger partial charge on any atom is -0.376 e. The number of carbonyl (C=O) groups is 2. The van der Waals surface area contributed by atoms with Crippen LogP contribution in [0.4, 0.5) is 10.5 Å². The molecule has 1 aliphatic heterocycles. The summed E-state index contributed by atoms with van der Waals surface area (Å²) in [6.45, 7) is 6.10. The number of hydrogen-bond acceptors (Lipinski definition) is 3. The molecule has 2 rings (SSSR count). The van der Waals surface area contributed by atoms with Crippen LogP contribution in [0.1, 0.15) is 37.0 Å². The van der Waals surface area contributed by atoms with E-state index in [9.17, 15) is 9.59 Å². The molecule has 0 spiro atoms. The third-order valence-corrected chi connectivity index (χ3v) is 3.92. The standard InChI is InChI=1S/C18H27N3O3/c1-13(2)11-19-17(22)14-6-8-15(9-7-14)20-18(23)21(3)12-16-5-4-10-24-16/h6-9,13,16H,4-5,10-12H2,1-3H3,(H,19,22)(H,20,23)/t16-/m0/s1. The summed E-state index contributed by atoms with van der Waals surface area (Å²) in [4.78, 5) is 25.8. The Morgan fingerprint density at radius 2 is 2.00 bits per heavy atom. The Kier molecular flexibility index (Phi) is 6.61. The fraction of sp³-hybridized carbons (Fsp3) is 0.556. The molecule has 0 radical (unpaired) electrons. The van der Waals surface area contributed by atoms with Gasteiger partial charge in [-0.2, -0.15) is 0 Å². The Labute approximate surface area is 143 Å². The molecule has 3 amide bonds. The van der Waals surface area contributed by atoms with Crippen molar-refractivity contribution in [1.82, 2.24) is 10.2 Å². The number of likely N-dealkylation sites (N-methyl/N-ethyl adjacent to an activating group) is 1. The van der Waals surface area contributed by atoms with Crippen LogP contribution in [0.15, 0.2) is 24.3 Å². The Balaban J connectivity index is 1.83. The van der Waals surface area contributed by atoms with E-state index in [2.05, 4.69) is 10.6 Å². The maximum Gasteiger partial charge on any atom is 0.321 e. The summed E-state index contributed by atoms with van der Waals surface area (Å²) in [5.74, 6) is 0.309. The minimum absolute atomic E-state index is 0.0999. The molecule has 6 heteroatoms. The molecule has 1 fully saturated rings. The van der Waals surface area contributed by atoms with Crippen molar-refractivity contribution in [2.45, 2.75) is 32.8 Å². The number of anilines is 1. The van der Waals surface area contributed by atoms with E-state index in [0.717, 1.165) is 19.4 Å². The molecule has 0 aliphatic carbocycles. The quantitative estimate of drug-likeness (QED) is 0.841. The predicted molar refractivity (Wildman–Crippen MR) is 94.2 cm³/mol. The van der Waals surface area contributed by atoms with Crippen LogP contribution in [0.5, 0.6) is 0 Å². The first-order valence-electron chi connectivity index (χ1n) is 8.47. The lowest BCUT2D eigenvalue weighted by Crippen LogP contribution is -2.37. The summed E-state index contributed by atoms with van der Waals surface area (Å²) in [6, 6.07) is 6.73. The van der Waals surface area contributed by atoms with E-state index in [1.54, 1.807) is 36.2 Å². The Morgan fingerprint density at radius 1 is 1.29 bits per heavy atom. The summed E-state index contributed by atoms with van der Waals surface area (Å²) in [5.41, 5.74) is 1.25. The molecule has 2 N–H and O–H groups in total. The van der Waals surface area contributed by atoms with Gasteiger partial charge in [-0.05, 0) is 43.0 Å². The highest BCUT2D eigenvalue weighted by Crippen LogP contribution is 2.14. The Hall–Kier alpha value is -2.08. The second-order valence-corrected chi connectivity index (χ2v) is 6.63. The third kappa shape index (κ3) is 5.53. The first kappa shape index (κ1) is 18.3. The molecule has 0 unspecified atom stereocenters. The lowest BCUT2D eigenvalue weighted by atomic mass is 10.1. The van der Waals surface area contributed by atoms with Gasteiger partial charge in [0, 0.05) is 38.0 Å². The van der Waals surface area contributed by atoms with Gasteiger partial charge in [-0.1, -0.05) is 13.8 Å². The lowest BCUT2D eigenvalue weighted by molar-refractivity contribution is 0.0894. The molecule has 1 aromatic carbocycles. The van der Waals surface area contributed by atoms with Crippen LogP contribution in [0.2, 0.25) is 0 Å². The normalized spacial score (nSPS) is 16.9. The molecule has 0 bridgehead atoms. The van der Waals surface area contributed by atoms with Crippen molar-refractivity contribution in [3.63, 3.8) is 0 Å². The summed E-state index contributed by atoms with van der Waals surface area (Å²) in [5, 5.41) is 5.70. The van der Waals surface area contributed by atoms with Crippen LogP contribution < -0.4 is 10.6 Å². The number of nitrogens with one attached hydrogen (secondary N) is 2. The minimum atomic E-state index is -0.178. The fourth-order valence-corrected chi connectivity index (χ4v) is 2.50. The van der Waals surface area contributed by atoms with E-state index in [4.69, 9.17) is 4.74 Å². The molecule has 6 nitrogen and oxygen atoms in total. The molecule has 1 aromatic rings. The topological polar surface area (TPSA) is 70.7 Å². The number of rotatable bonds is 6. The first-order chi connectivity index (χ1) is 11.5. The van der Waals surface area contributed by atoms with Crippen LogP contribution in [0.25, 0.3) is 0 Å². The second kappa shape index (κ2) is 8.68. The molecule has 0 saturated carbocycles. The number of benzene rings is 1. The number of hydrogen-bond donors (Lipinski definition) is 2. The Bertz CT molecular complexity index is 551. The van der Waals surface area contributed by atoms with Gasteiger partial charge < -0.3 is 20.3 Å². The summed E-state index contributed by atoms with van der Waals surface area (Å²) < 4.78 is 5.54. The molecular weight excluding hydrogens is 306 g/mol. The average Bonchev–Trinajstić information content (AvgIpc) is 3.06. The molecular formula is C18H27N3O3. The van der Waals surface area contributed by atoms with Crippen LogP contribution >= 0.6 is 0 Å². The largest absolute Gasteiger partial charge is 0.376 e. The van der Waals surface area contributed by atoms with E-state index in [1.165, 1.54) is 0 Å². The van der Waals surface area contributed by atoms with Gasteiger partial charge in [0.25, 0.3) is 5.91 Å². The summed E-state index contributed by atoms with van der Waals surface area (Å²) in [7, 11) is 1.75. The molecule has 132 valence electrons. The third-order valence-electron chi connectivity index (χ3n) is 3.92. The van der Waals surface area contributed by atoms with Crippen molar-refractivity contribution in [2.75, 3.05) is 32.1 Å². The van der Waals surface area contributed by atoms with Gasteiger partial charge in [0.1, 0.15) is 0 Å². The van der Waals surface area contributed by atoms with Crippen molar-refractivity contribution in [2.24, 2.45) is 5.92 Å². The van der Waals surface area contributed by atoms with Crippen LogP contribution in [-0.2, 0) is 4.74 Å². The van der Waals surface area contributed by atoms with Gasteiger partial charge in [-0.3, -0.25) is 4.79 Å². The number of nitrogens with zero attached hydrogens (tertiary/aromatic N) is 1. The fourth-order valence-electron chi connectivity index (χ4n) is 2.50. The first-order valence-corrected chi connectivity index (χ1v) is 8.47. The predicted octanol–water partition coefficient (Wildman–Crippen LogP) is 2.72. The lowest BCUT2D eigenvalue weighted by Gasteiger charge is -2.21. The monoisotopic (exact) mass is 333 g/mol. The zero-order valence-electron chi connectivity index (χ0n) is 14.7. The maximum absolute atomic E-state index is 12.2. The number of urea groups is 1. The van der Waals surface area contributed by atoms with Crippen LogP contribution in [0.3, 0.4) is 0 Å². The SMILES string of the molecule is CC(C)CNC(=O)c1ccc(NC(=O)N(C)C[C@@H]2CCCO2)cc1. The highest BCUT2D eigenvalue weighted by molar-refractivity contribution is 5.95. The zero-order chi connectivity index (χ0) is 17.5. The van der Waals surface area contributed by atoms with Gasteiger partial charge in [-0.15, -0.1) is 0 Å². The van der Waals surface area contributed by atoms with Crippen LogP contribution in [-0.4, -0.2) is 49.7 Å². The average molecular weight is 333 g/mol. The zero-order valence-corrected chi connectivity index (χ0v) is 14.7. The summed E-state index contributed by atoms with van der Waals surface area (Å²) >= 11 is 0. The molecule has 24 heavy (non-hydrogen) atoms.